The molecule has 0 fully saturated rings. The third kappa shape index (κ3) is 1.64. The van der Waals surface area contributed by atoms with Crippen LogP contribution in [0.25, 0.3) is 11.4 Å². The van der Waals surface area contributed by atoms with Crippen LogP contribution in [-0.2, 0) is 7.05 Å². The Morgan fingerprint density at radius 2 is 1.71 bits per heavy atom. The molecule has 1 aromatic heterocycles. The highest BCUT2D eigenvalue weighted by molar-refractivity contribution is 5.56. The van der Waals surface area contributed by atoms with Crippen molar-refractivity contribution in [1.29, 1.82) is 0 Å². The lowest BCUT2D eigenvalue weighted by molar-refractivity contribution is 0.630. The molecule has 0 aliphatic rings. The summed E-state index contributed by atoms with van der Waals surface area (Å²) in [5, 5.41) is 11.9. The molecule has 0 aliphatic heterocycles. The Bertz CT molecular complexity index is 439. The zero-order valence-electron chi connectivity index (χ0n) is 8.52. The lowest BCUT2D eigenvalue weighted by Gasteiger charge is -1.99. The zero-order chi connectivity index (χ0) is 10.1. The summed E-state index contributed by atoms with van der Waals surface area (Å²) in [6, 6.07) is 6.24. The maximum absolute atomic E-state index is 4.16. The number of nitrogens with zero attached hydrogens (tertiary/aromatic N) is 4. The molecule has 4 nitrogen and oxygen atoms in total. The lowest BCUT2D eigenvalue weighted by atomic mass is 10.1. The summed E-state index contributed by atoms with van der Waals surface area (Å²) in [6.07, 6.45) is 0. The maximum Gasteiger partial charge on any atom is 0.204 e. The van der Waals surface area contributed by atoms with Gasteiger partial charge in [-0.15, -0.1) is 10.2 Å². The van der Waals surface area contributed by atoms with Gasteiger partial charge in [0.15, 0.2) is 0 Å². The van der Waals surface area contributed by atoms with E-state index in [0.717, 1.165) is 5.56 Å². The molecule has 0 saturated heterocycles. The van der Waals surface area contributed by atoms with Crippen molar-refractivity contribution in [3.05, 3.63) is 29.3 Å². The van der Waals surface area contributed by atoms with E-state index in [1.807, 2.05) is 0 Å². The van der Waals surface area contributed by atoms with Crippen molar-refractivity contribution in [2.75, 3.05) is 0 Å². The van der Waals surface area contributed by atoms with E-state index in [4.69, 9.17) is 0 Å². The van der Waals surface area contributed by atoms with Gasteiger partial charge in [-0.3, -0.25) is 0 Å². The van der Waals surface area contributed by atoms with Gasteiger partial charge in [0.1, 0.15) is 0 Å². The number of aromatic nitrogens is 4. The van der Waals surface area contributed by atoms with Crippen molar-refractivity contribution in [2.45, 2.75) is 13.8 Å². The average molecular weight is 188 g/mol. The minimum absolute atomic E-state index is 0.680. The summed E-state index contributed by atoms with van der Waals surface area (Å²) in [4.78, 5) is 1.47. The van der Waals surface area contributed by atoms with Crippen LogP contribution in [0, 0.1) is 13.8 Å². The zero-order valence-corrected chi connectivity index (χ0v) is 8.52. The first-order valence-corrected chi connectivity index (χ1v) is 4.48. The quantitative estimate of drug-likeness (QED) is 0.681. The number of aryl methyl sites for hydroxylation is 3. The van der Waals surface area contributed by atoms with E-state index in [1.165, 1.54) is 15.9 Å². The highest BCUT2D eigenvalue weighted by atomic mass is 15.6. The SMILES string of the molecule is Cc1cc(C)cc(-c2nnn(C)n2)c1. The fourth-order valence-corrected chi connectivity index (χ4v) is 1.50. The molecule has 14 heavy (non-hydrogen) atoms. The van der Waals surface area contributed by atoms with Gasteiger partial charge in [-0.1, -0.05) is 17.2 Å². The number of hydrogen-bond acceptors (Lipinski definition) is 3. The first-order chi connectivity index (χ1) is 6.65. The van der Waals surface area contributed by atoms with Crippen LogP contribution in [0.4, 0.5) is 0 Å². The van der Waals surface area contributed by atoms with E-state index in [1.54, 1.807) is 7.05 Å². The molecule has 72 valence electrons. The number of tetrazole rings is 1. The average Bonchev–Trinajstić information content (AvgIpc) is 2.50. The van der Waals surface area contributed by atoms with E-state index < -0.39 is 0 Å². The normalized spacial score (nSPS) is 10.5. The molecule has 4 heteroatoms. The van der Waals surface area contributed by atoms with E-state index in [-0.39, 0.29) is 0 Å². The van der Waals surface area contributed by atoms with Gasteiger partial charge in [0, 0.05) is 5.56 Å². The van der Waals surface area contributed by atoms with Crippen LogP contribution < -0.4 is 0 Å². The summed E-state index contributed by atoms with van der Waals surface area (Å²) in [5.74, 6) is 0.680. The Labute approximate surface area is 82.6 Å². The predicted molar refractivity (Wildman–Crippen MR) is 53.7 cm³/mol. The summed E-state index contributed by atoms with van der Waals surface area (Å²) in [7, 11) is 1.76. The van der Waals surface area contributed by atoms with Gasteiger partial charge < -0.3 is 0 Å². The van der Waals surface area contributed by atoms with Gasteiger partial charge in [0.05, 0.1) is 7.05 Å². The minimum atomic E-state index is 0.680. The predicted octanol–water partition coefficient (Wildman–Crippen LogP) is 1.49. The second kappa shape index (κ2) is 3.21. The third-order valence-corrected chi connectivity index (χ3v) is 1.99. The molecule has 0 radical (unpaired) electrons. The van der Waals surface area contributed by atoms with Gasteiger partial charge in [0.25, 0.3) is 0 Å². The van der Waals surface area contributed by atoms with Gasteiger partial charge in [-0.25, -0.2) is 0 Å². The topological polar surface area (TPSA) is 43.6 Å². The molecule has 0 saturated carbocycles. The van der Waals surface area contributed by atoms with E-state index in [9.17, 15) is 0 Å². The molecule has 0 aliphatic carbocycles. The van der Waals surface area contributed by atoms with Crippen LogP contribution in [0.2, 0.25) is 0 Å². The lowest BCUT2D eigenvalue weighted by Crippen LogP contribution is -1.92. The van der Waals surface area contributed by atoms with Crippen molar-refractivity contribution < 1.29 is 0 Å². The molecular weight excluding hydrogens is 176 g/mol. The molecule has 0 spiro atoms. The fourth-order valence-electron chi connectivity index (χ4n) is 1.50. The molecule has 0 atom stereocenters. The van der Waals surface area contributed by atoms with E-state index in [2.05, 4.69) is 47.5 Å². The maximum atomic E-state index is 4.16. The Morgan fingerprint density at radius 1 is 1.07 bits per heavy atom. The van der Waals surface area contributed by atoms with E-state index >= 15 is 0 Å². The minimum Gasteiger partial charge on any atom is -0.167 e. The Morgan fingerprint density at radius 3 is 2.21 bits per heavy atom. The Hall–Kier alpha value is -1.71. The molecule has 0 N–H and O–H groups in total. The summed E-state index contributed by atoms with van der Waals surface area (Å²) >= 11 is 0. The van der Waals surface area contributed by atoms with Crippen LogP contribution in [0.3, 0.4) is 0 Å². The van der Waals surface area contributed by atoms with Crippen LogP contribution in [0.15, 0.2) is 18.2 Å². The van der Waals surface area contributed by atoms with Crippen LogP contribution in [-0.4, -0.2) is 20.2 Å². The monoisotopic (exact) mass is 188 g/mol. The third-order valence-electron chi connectivity index (χ3n) is 1.99. The highest BCUT2D eigenvalue weighted by Gasteiger charge is 2.04. The van der Waals surface area contributed by atoms with Crippen LogP contribution in [0.1, 0.15) is 11.1 Å². The number of rotatable bonds is 1. The second-order valence-electron chi connectivity index (χ2n) is 3.48. The molecule has 0 unspecified atom stereocenters. The van der Waals surface area contributed by atoms with Crippen molar-refractivity contribution in [1.82, 2.24) is 20.2 Å². The Balaban J connectivity index is 2.51. The van der Waals surface area contributed by atoms with Crippen molar-refractivity contribution >= 4 is 0 Å². The van der Waals surface area contributed by atoms with Gasteiger partial charge in [-0.05, 0) is 31.2 Å². The first kappa shape index (κ1) is 8.87. The molecule has 2 aromatic rings. The summed E-state index contributed by atoms with van der Waals surface area (Å²) in [5.41, 5.74) is 3.45. The molecule has 1 aromatic carbocycles. The standard InChI is InChI=1S/C10H12N4/c1-7-4-8(2)6-9(5-7)10-11-13-14(3)12-10/h4-6H,1-3H3. The molecule has 1 heterocycles. The summed E-state index contributed by atoms with van der Waals surface area (Å²) in [6.45, 7) is 4.12. The van der Waals surface area contributed by atoms with Crippen molar-refractivity contribution in [3.63, 3.8) is 0 Å². The highest BCUT2D eigenvalue weighted by Crippen LogP contribution is 2.17. The van der Waals surface area contributed by atoms with Gasteiger partial charge in [0.2, 0.25) is 5.82 Å². The number of hydrogen-bond donors (Lipinski definition) is 0. The van der Waals surface area contributed by atoms with Gasteiger partial charge in [-0.2, -0.15) is 4.80 Å². The first-order valence-electron chi connectivity index (χ1n) is 4.48. The van der Waals surface area contributed by atoms with Crippen molar-refractivity contribution in [3.8, 4) is 11.4 Å². The number of benzene rings is 1. The van der Waals surface area contributed by atoms with Crippen molar-refractivity contribution in [2.24, 2.45) is 7.05 Å². The molecule has 0 bridgehead atoms. The second-order valence-corrected chi connectivity index (χ2v) is 3.48. The van der Waals surface area contributed by atoms with E-state index in [0.29, 0.717) is 5.82 Å². The molecule has 0 amide bonds. The largest absolute Gasteiger partial charge is 0.204 e. The molecule has 2 rings (SSSR count). The van der Waals surface area contributed by atoms with Crippen LogP contribution >= 0.6 is 0 Å². The molecular formula is C10H12N4. The van der Waals surface area contributed by atoms with Gasteiger partial charge >= 0.3 is 0 Å². The van der Waals surface area contributed by atoms with Crippen LogP contribution in [0.5, 0.6) is 0 Å². The summed E-state index contributed by atoms with van der Waals surface area (Å²) < 4.78 is 0. The fraction of sp³-hybridized carbons (Fsp3) is 0.300. The smallest absolute Gasteiger partial charge is 0.167 e. The Kier molecular flexibility index (Phi) is 2.04.